The predicted octanol–water partition coefficient (Wildman–Crippen LogP) is 2.15. The van der Waals surface area contributed by atoms with Crippen molar-refractivity contribution in [3.05, 3.63) is 22.4 Å². The minimum atomic E-state index is 1.09. The molecule has 110 valence electrons. The molecule has 19 heavy (non-hydrogen) atoms. The summed E-state index contributed by atoms with van der Waals surface area (Å²) in [5.41, 5.74) is 0. The zero-order chi connectivity index (χ0) is 13.9. The van der Waals surface area contributed by atoms with Gasteiger partial charge in [0.1, 0.15) is 0 Å². The maximum absolute atomic E-state index is 3.53. The second kappa shape index (κ2) is 10.4. The van der Waals surface area contributed by atoms with E-state index in [1.165, 1.54) is 11.3 Å². The van der Waals surface area contributed by atoms with Crippen LogP contribution in [0.3, 0.4) is 0 Å². The van der Waals surface area contributed by atoms with Gasteiger partial charge in [0.25, 0.3) is 0 Å². The van der Waals surface area contributed by atoms with Gasteiger partial charge in [0.2, 0.25) is 0 Å². The van der Waals surface area contributed by atoms with E-state index in [0.717, 1.165) is 45.8 Å². The summed E-state index contributed by atoms with van der Waals surface area (Å²) >= 11 is 1.86. The minimum absolute atomic E-state index is 1.09. The minimum Gasteiger partial charge on any atom is -0.314 e. The Balaban J connectivity index is 1.96. The smallest absolute Gasteiger partial charge is 0.0107 e. The van der Waals surface area contributed by atoms with Gasteiger partial charge in [-0.25, -0.2) is 0 Å². The van der Waals surface area contributed by atoms with Crippen LogP contribution >= 0.6 is 11.3 Å². The van der Waals surface area contributed by atoms with Crippen LogP contribution in [0.2, 0.25) is 0 Å². The van der Waals surface area contributed by atoms with Crippen molar-refractivity contribution in [1.29, 1.82) is 0 Å². The van der Waals surface area contributed by atoms with Crippen molar-refractivity contribution in [2.24, 2.45) is 0 Å². The Kier molecular flexibility index (Phi) is 9.08. The lowest BCUT2D eigenvalue weighted by Gasteiger charge is -2.19. The molecule has 0 bridgehead atoms. The summed E-state index contributed by atoms with van der Waals surface area (Å²) in [5, 5.41) is 5.68. The Morgan fingerprint density at radius 1 is 1.11 bits per heavy atom. The van der Waals surface area contributed by atoms with Gasteiger partial charge in [0, 0.05) is 37.6 Å². The van der Waals surface area contributed by atoms with Crippen molar-refractivity contribution in [3.63, 3.8) is 0 Å². The van der Waals surface area contributed by atoms with E-state index >= 15 is 0 Å². The Hall–Kier alpha value is -0.420. The highest BCUT2D eigenvalue weighted by Crippen LogP contribution is 2.09. The maximum atomic E-state index is 3.53. The van der Waals surface area contributed by atoms with Gasteiger partial charge in [-0.15, -0.1) is 11.3 Å². The molecule has 0 saturated heterocycles. The summed E-state index contributed by atoms with van der Waals surface area (Å²) in [7, 11) is 2.21. The molecule has 0 aliphatic rings. The first-order valence-electron chi connectivity index (χ1n) is 7.40. The second-order valence-electron chi connectivity index (χ2n) is 4.91. The molecule has 1 rings (SSSR count). The van der Waals surface area contributed by atoms with Crippen LogP contribution in [-0.2, 0) is 6.42 Å². The zero-order valence-corrected chi connectivity index (χ0v) is 13.5. The molecule has 3 nitrogen and oxygen atoms in total. The summed E-state index contributed by atoms with van der Waals surface area (Å²) in [6.07, 6.45) is 1.17. The fourth-order valence-corrected chi connectivity index (χ4v) is 2.74. The van der Waals surface area contributed by atoms with Gasteiger partial charge in [-0.3, -0.25) is 0 Å². The van der Waals surface area contributed by atoms with Crippen LogP contribution in [0.4, 0.5) is 0 Å². The van der Waals surface area contributed by atoms with Crippen molar-refractivity contribution >= 4 is 11.3 Å². The topological polar surface area (TPSA) is 18.5 Å². The van der Waals surface area contributed by atoms with E-state index in [-0.39, 0.29) is 0 Å². The van der Waals surface area contributed by atoms with E-state index in [4.69, 9.17) is 0 Å². The quantitative estimate of drug-likeness (QED) is 0.628. The first-order valence-corrected chi connectivity index (χ1v) is 8.28. The fourth-order valence-electron chi connectivity index (χ4n) is 2.04. The van der Waals surface area contributed by atoms with Gasteiger partial charge in [-0.2, -0.15) is 0 Å². The van der Waals surface area contributed by atoms with E-state index in [0.29, 0.717) is 0 Å². The third-order valence-electron chi connectivity index (χ3n) is 3.49. The van der Waals surface area contributed by atoms with E-state index < -0.39 is 0 Å². The number of thiophene rings is 1. The maximum Gasteiger partial charge on any atom is 0.0107 e. The van der Waals surface area contributed by atoms with Crippen molar-refractivity contribution in [3.8, 4) is 0 Å². The van der Waals surface area contributed by atoms with Gasteiger partial charge < -0.3 is 15.1 Å². The number of hydrogen-bond donors (Lipinski definition) is 1. The Morgan fingerprint density at radius 2 is 1.84 bits per heavy atom. The molecule has 0 aliphatic carbocycles. The fraction of sp³-hybridized carbons (Fsp3) is 0.733. The van der Waals surface area contributed by atoms with Crippen LogP contribution in [0.1, 0.15) is 18.7 Å². The van der Waals surface area contributed by atoms with Gasteiger partial charge >= 0.3 is 0 Å². The highest BCUT2D eigenvalue weighted by Gasteiger charge is 2.01. The SMILES string of the molecule is CCN(CC)CCNCCN(C)CCc1cccs1. The van der Waals surface area contributed by atoms with E-state index in [9.17, 15) is 0 Å². The molecule has 1 N–H and O–H groups in total. The second-order valence-corrected chi connectivity index (χ2v) is 5.94. The zero-order valence-electron chi connectivity index (χ0n) is 12.7. The molecular weight excluding hydrogens is 254 g/mol. The number of nitrogens with one attached hydrogen (secondary N) is 1. The number of nitrogens with zero attached hydrogens (tertiary/aromatic N) is 2. The highest BCUT2D eigenvalue weighted by molar-refractivity contribution is 7.09. The van der Waals surface area contributed by atoms with Gasteiger partial charge in [-0.1, -0.05) is 19.9 Å². The highest BCUT2D eigenvalue weighted by atomic mass is 32.1. The van der Waals surface area contributed by atoms with Gasteiger partial charge in [0.05, 0.1) is 0 Å². The van der Waals surface area contributed by atoms with Crippen LogP contribution < -0.4 is 5.32 Å². The van der Waals surface area contributed by atoms with E-state index in [1.54, 1.807) is 0 Å². The van der Waals surface area contributed by atoms with Crippen molar-refractivity contribution in [2.45, 2.75) is 20.3 Å². The molecule has 0 spiro atoms. The van der Waals surface area contributed by atoms with E-state index in [2.05, 4.69) is 53.5 Å². The van der Waals surface area contributed by atoms with Crippen LogP contribution in [-0.4, -0.2) is 62.7 Å². The lowest BCUT2D eigenvalue weighted by Crippen LogP contribution is -2.36. The summed E-state index contributed by atoms with van der Waals surface area (Å²) in [4.78, 5) is 6.35. The Labute approximate surface area is 122 Å². The molecule has 0 aliphatic heterocycles. The van der Waals surface area contributed by atoms with Crippen LogP contribution in [0, 0.1) is 0 Å². The molecule has 1 aromatic heterocycles. The standard InChI is InChI=1S/C15H29N3S/c1-4-18(5-2)13-10-16-9-12-17(3)11-8-15-7-6-14-19-15/h6-7,14,16H,4-5,8-13H2,1-3H3. The monoisotopic (exact) mass is 283 g/mol. The largest absolute Gasteiger partial charge is 0.314 e. The summed E-state index contributed by atoms with van der Waals surface area (Å²) in [6, 6.07) is 4.36. The molecule has 0 aromatic carbocycles. The normalized spacial score (nSPS) is 11.6. The molecule has 1 aromatic rings. The molecule has 4 heteroatoms. The van der Waals surface area contributed by atoms with Crippen molar-refractivity contribution in [2.75, 3.05) is 52.9 Å². The molecular formula is C15H29N3S. The molecule has 0 amide bonds. The summed E-state index contributed by atoms with van der Waals surface area (Å²) in [6.45, 7) is 12.4. The average molecular weight is 283 g/mol. The first kappa shape index (κ1) is 16.6. The van der Waals surface area contributed by atoms with Gasteiger partial charge in [0.15, 0.2) is 0 Å². The molecule has 1 heterocycles. The molecule has 0 atom stereocenters. The molecule has 0 radical (unpaired) electrons. The van der Waals surface area contributed by atoms with Crippen LogP contribution in [0.25, 0.3) is 0 Å². The Bertz CT molecular complexity index is 296. The first-order chi connectivity index (χ1) is 9.26. The van der Waals surface area contributed by atoms with Gasteiger partial charge in [-0.05, 0) is 38.0 Å². The molecule has 0 unspecified atom stereocenters. The summed E-state index contributed by atoms with van der Waals surface area (Å²) < 4.78 is 0. The lowest BCUT2D eigenvalue weighted by atomic mass is 10.3. The molecule has 0 saturated carbocycles. The van der Waals surface area contributed by atoms with Crippen molar-refractivity contribution < 1.29 is 0 Å². The summed E-state index contributed by atoms with van der Waals surface area (Å²) in [5.74, 6) is 0. The predicted molar refractivity (Wildman–Crippen MR) is 86.2 cm³/mol. The Morgan fingerprint density at radius 3 is 2.47 bits per heavy atom. The molecule has 0 fully saturated rings. The third-order valence-corrected chi connectivity index (χ3v) is 4.43. The van der Waals surface area contributed by atoms with Crippen LogP contribution in [0.5, 0.6) is 0 Å². The number of rotatable bonds is 11. The van der Waals surface area contributed by atoms with Crippen LogP contribution in [0.15, 0.2) is 17.5 Å². The van der Waals surface area contributed by atoms with Crippen molar-refractivity contribution in [1.82, 2.24) is 15.1 Å². The van der Waals surface area contributed by atoms with E-state index in [1.807, 2.05) is 11.3 Å². The third kappa shape index (κ3) is 7.67. The number of hydrogen-bond acceptors (Lipinski definition) is 4. The lowest BCUT2D eigenvalue weighted by molar-refractivity contribution is 0.293. The average Bonchev–Trinajstić information content (AvgIpc) is 2.94. The number of likely N-dealkylation sites (N-methyl/N-ethyl adjacent to an activating group) is 2.